The summed E-state index contributed by atoms with van der Waals surface area (Å²) in [5, 5.41) is 10.0. The number of fused-ring (bicyclic) bond motifs is 1. The van der Waals surface area contributed by atoms with E-state index in [0.717, 1.165) is 31.2 Å². The van der Waals surface area contributed by atoms with Crippen molar-refractivity contribution in [3.8, 4) is 11.4 Å². The van der Waals surface area contributed by atoms with Crippen molar-refractivity contribution in [2.24, 2.45) is 5.92 Å². The van der Waals surface area contributed by atoms with E-state index >= 15 is 0 Å². The zero-order valence-corrected chi connectivity index (χ0v) is 20.6. The van der Waals surface area contributed by atoms with Gasteiger partial charge in [-0.25, -0.2) is 4.79 Å². The summed E-state index contributed by atoms with van der Waals surface area (Å²) >= 11 is 0. The summed E-state index contributed by atoms with van der Waals surface area (Å²) in [6.45, 7) is 3.40. The van der Waals surface area contributed by atoms with Crippen LogP contribution in [0, 0.1) is 5.92 Å². The summed E-state index contributed by atoms with van der Waals surface area (Å²) < 4.78 is 10.5. The van der Waals surface area contributed by atoms with E-state index < -0.39 is 5.92 Å². The lowest BCUT2D eigenvalue weighted by molar-refractivity contribution is -0.142. The normalized spacial score (nSPS) is 22.8. The van der Waals surface area contributed by atoms with Crippen LogP contribution in [0.1, 0.15) is 63.7 Å². The molecule has 0 bridgehead atoms. The molecule has 0 spiro atoms. The SMILES string of the molecule is CCOC(=O)CCNC(=O)N1CCCCCCNC(=O)[C@@H]2C[C@@H](c3nc(-c4cccnc4)no3)C[C@@H]21. The number of aromatic nitrogens is 3. The average molecular weight is 499 g/mol. The molecule has 4 rings (SSSR count). The van der Waals surface area contributed by atoms with E-state index in [1.54, 1.807) is 30.3 Å². The average Bonchev–Trinajstić information content (AvgIpc) is 3.53. The van der Waals surface area contributed by atoms with Crippen LogP contribution in [-0.4, -0.2) is 70.2 Å². The first-order valence-corrected chi connectivity index (χ1v) is 12.8. The van der Waals surface area contributed by atoms with E-state index in [0.29, 0.717) is 44.3 Å². The summed E-state index contributed by atoms with van der Waals surface area (Å²) in [6.07, 6.45) is 8.23. The Balaban J connectivity index is 1.51. The predicted molar refractivity (Wildman–Crippen MR) is 130 cm³/mol. The Morgan fingerprint density at radius 2 is 2.11 bits per heavy atom. The number of pyridine rings is 1. The van der Waals surface area contributed by atoms with E-state index in [2.05, 4.69) is 25.8 Å². The highest BCUT2D eigenvalue weighted by molar-refractivity contribution is 5.82. The van der Waals surface area contributed by atoms with Gasteiger partial charge in [-0.05, 0) is 44.7 Å². The third-order valence-corrected chi connectivity index (χ3v) is 6.77. The Kier molecular flexibility index (Phi) is 8.85. The highest BCUT2D eigenvalue weighted by atomic mass is 16.5. The summed E-state index contributed by atoms with van der Waals surface area (Å²) in [4.78, 5) is 48.5. The van der Waals surface area contributed by atoms with Crippen LogP contribution in [0.5, 0.6) is 0 Å². The van der Waals surface area contributed by atoms with Crippen molar-refractivity contribution in [2.45, 2.75) is 63.8 Å². The lowest BCUT2D eigenvalue weighted by atomic mass is 10.0. The standard InChI is InChI=1S/C25H34N6O5/c1-2-35-21(32)9-12-28-25(34)31-13-6-4-3-5-11-27-23(33)19-14-18(15-20(19)31)24-29-22(30-36-24)17-8-7-10-26-16-17/h7-8,10,16,18-20H,2-6,9,11-15H2,1H3,(H,27,33)(H,28,34)/t18-,19-,20+/m1/s1. The van der Waals surface area contributed by atoms with Gasteiger partial charge in [0.05, 0.1) is 18.9 Å². The Hall–Kier alpha value is -3.50. The van der Waals surface area contributed by atoms with Crippen LogP contribution in [-0.2, 0) is 14.3 Å². The smallest absolute Gasteiger partial charge is 0.317 e. The molecular weight excluding hydrogens is 464 g/mol. The topological polar surface area (TPSA) is 140 Å². The first-order valence-electron chi connectivity index (χ1n) is 12.8. The van der Waals surface area contributed by atoms with E-state index in [4.69, 9.17) is 9.26 Å². The molecule has 0 aromatic carbocycles. The fraction of sp³-hybridized carbons (Fsp3) is 0.600. The Morgan fingerprint density at radius 1 is 1.25 bits per heavy atom. The molecule has 1 aliphatic carbocycles. The number of hydrogen-bond donors (Lipinski definition) is 2. The molecule has 3 heterocycles. The van der Waals surface area contributed by atoms with Crippen molar-refractivity contribution in [2.75, 3.05) is 26.2 Å². The molecule has 0 unspecified atom stereocenters. The minimum atomic E-state index is -0.391. The Bertz CT molecular complexity index is 1030. The third-order valence-electron chi connectivity index (χ3n) is 6.77. The number of esters is 1. The molecule has 3 atom stereocenters. The molecule has 3 amide bonds. The molecule has 2 aromatic heterocycles. The number of nitrogens with one attached hydrogen (secondary N) is 2. The molecule has 2 aromatic rings. The van der Waals surface area contributed by atoms with Crippen LogP contribution in [0.4, 0.5) is 4.79 Å². The van der Waals surface area contributed by atoms with Crippen LogP contribution >= 0.6 is 0 Å². The Labute approximate surface area is 210 Å². The Morgan fingerprint density at radius 3 is 2.92 bits per heavy atom. The number of rotatable bonds is 6. The van der Waals surface area contributed by atoms with Crippen LogP contribution in [0.2, 0.25) is 0 Å². The van der Waals surface area contributed by atoms with Crippen molar-refractivity contribution >= 4 is 17.9 Å². The fourth-order valence-corrected chi connectivity index (χ4v) is 4.98. The van der Waals surface area contributed by atoms with Crippen molar-refractivity contribution in [1.82, 2.24) is 30.7 Å². The lowest BCUT2D eigenvalue weighted by Gasteiger charge is -2.32. The van der Waals surface area contributed by atoms with Gasteiger partial charge in [-0.1, -0.05) is 18.0 Å². The van der Waals surface area contributed by atoms with Gasteiger partial charge in [0.2, 0.25) is 17.6 Å². The number of urea groups is 1. The highest BCUT2D eigenvalue weighted by Crippen LogP contribution is 2.41. The number of ether oxygens (including phenoxy) is 1. The number of amides is 3. The first kappa shape index (κ1) is 25.6. The number of nitrogens with zero attached hydrogens (tertiary/aromatic N) is 4. The molecule has 0 radical (unpaired) electrons. The highest BCUT2D eigenvalue weighted by Gasteiger charge is 2.45. The molecule has 1 aliphatic heterocycles. The molecule has 11 heteroatoms. The zero-order valence-electron chi connectivity index (χ0n) is 20.6. The van der Waals surface area contributed by atoms with Crippen molar-refractivity contribution in [3.63, 3.8) is 0 Å². The molecular formula is C25H34N6O5. The molecule has 2 N–H and O–H groups in total. The second-order valence-corrected chi connectivity index (χ2v) is 9.23. The molecule has 1 saturated heterocycles. The molecule has 194 valence electrons. The summed E-state index contributed by atoms with van der Waals surface area (Å²) in [6, 6.07) is 3.07. The maximum Gasteiger partial charge on any atom is 0.317 e. The summed E-state index contributed by atoms with van der Waals surface area (Å²) in [5.74, 6) is -0.0384. The van der Waals surface area contributed by atoms with Crippen LogP contribution in [0.25, 0.3) is 11.4 Å². The number of hydrogen-bond acceptors (Lipinski definition) is 8. The van der Waals surface area contributed by atoms with Gasteiger partial charge in [0.25, 0.3) is 0 Å². The van der Waals surface area contributed by atoms with Gasteiger partial charge in [0.1, 0.15) is 0 Å². The quantitative estimate of drug-likeness (QED) is 0.580. The molecule has 2 aliphatic rings. The van der Waals surface area contributed by atoms with E-state index in [9.17, 15) is 14.4 Å². The molecule has 36 heavy (non-hydrogen) atoms. The zero-order chi connectivity index (χ0) is 25.3. The second kappa shape index (κ2) is 12.5. The molecule has 11 nitrogen and oxygen atoms in total. The van der Waals surface area contributed by atoms with Crippen molar-refractivity contribution < 1.29 is 23.6 Å². The van der Waals surface area contributed by atoms with Crippen LogP contribution < -0.4 is 10.6 Å². The third kappa shape index (κ3) is 6.38. The maximum atomic E-state index is 13.2. The lowest BCUT2D eigenvalue weighted by Crippen LogP contribution is -2.51. The van der Waals surface area contributed by atoms with Gasteiger partial charge in [0, 0.05) is 49.6 Å². The van der Waals surface area contributed by atoms with Gasteiger partial charge < -0.3 is 24.8 Å². The van der Waals surface area contributed by atoms with E-state index in [1.807, 2.05) is 6.07 Å². The maximum absolute atomic E-state index is 13.2. The minimum Gasteiger partial charge on any atom is -0.466 e. The summed E-state index contributed by atoms with van der Waals surface area (Å²) in [5.41, 5.74) is 0.751. The van der Waals surface area contributed by atoms with Gasteiger partial charge in [0.15, 0.2) is 0 Å². The second-order valence-electron chi connectivity index (χ2n) is 9.23. The largest absolute Gasteiger partial charge is 0.466 e. The molecule has 2 fully saturated rings. The van der Waals surface area contributed by atoms with Gasteiger partial charge in [-0.15, -0.1) is 0 Å². The van der Waals surface area contributed by atoms with Gasteiger partial charge in [-0.2, -0.15) is 4.98 Å². The number of carbonyl (C=O) groups excluding carboxylic acids is 3. The monoisotopic (exact) mass is 498 g/mol. The van der Waals surface area contributed by atoms with Gasteiger partial charge >= 0.3 is 12.0 Å². The van der Waals surface area contributed by atoms with Crippen molar-refractivity contribution in [1.29, 1.82) is 0 Å². The van der Waals surface area contributed by atoms with Crippen molar-refractivity contribution in [3.05, 3.63) is 30.4 Å². The predicted octanol–water partition coefficient (Wildman–Crippen LogP) is 2.65. The van der Waals surface area contributed by atoms with Gasteiger partial charge in [-0.3, -0.25) is 14.6 Å². The number of carbonyl (C=O) groups is 3. The fourth-order valence-electron chi connectivity index (χ4n) is 4.98. The minimum absolute atomic E-state index is 0.0549. The van der Waals surface area contributed by atoms with E-state index in [-0.39, 0.29) is 42.8 Å². The summed E-state index contributed by atoms with van der Waals surface area (Å²) in [7, 11) is 0. The first-order chi connectivity index (χ1) is 17.6. The van der Waals surface area contributed by atoms with E-state index in [1.165, 1.54) is 0 Å². The van der Waals surface area contributed by atoms with Crippen LogP contribution in [0.3, 0.4) is 0 Å². The van der Waals surface area contributed by atoms with Crippen LogP contribution in [0.15, 0.2) is 29.0 Å². The molecule has 1 saturated carbocycles.